The number of nitrogens with zero attached hydrogens (tertiary/aromatic N) is 10. The SMILES string of the molecule is Oc1ccccc1-c1cc(N(c2ccccc2)c2ccccc2)cc(N(c2[c-]c(N(c3ccccn3)c3ccccc3-c3ccccc3)ccc2)c2ccccc2-c2ccccc2)n1.Oc1ccccc1N(c1cc(N(c2ccccc2)c2ccccc2)cc(-c2[c-]c(N(c3ccccn3)c3ccccc3-c3ccccc3)ccc2)n1)c1ccccc1-c1ccccc1.[Pt].[Pt]. The number of pyridine rings is 4. The Morgan fingerprint density at radius 3 is 0.846 bits per heavy atom. The molecule has 4 heterocycles. The van der Waals surface area contributed by atoms with Crippen molar-refractivity contribution in [2.75, 3.05) is 29.4 Å². The summed E-state index contributed by atoms with van der Waals surface area (Å²) in [5.74, 6) is 2.99. The van der Waals surface area contributed by atoms with E-state index in [9.17, 15) is 10.2 Å². The van der Waals surface area contributed by atoms with Crippen LogP contribution in [-0.2, 0) is 42.1 Å². The summed E-state index contributed by atoms with van der Waals surface area (Å²) in [4.78, 5) is 33.8. The van der Waals surface area contributed by atoms with E-state index in [1.807, 2.05) is 194 Å². The van der Waals surface area contributed by atoms with E-state index < -0.39 is 0 Å². The van der Waals surface area contributed by atoms with Crippen molar-refractivity contribution < 1.29 is 52.3 Å². The number of anilines is 18. The van der Waals surface area contributed by atoms with Crippen LogP contribution in [0.5, 0.6) is 11.5 Å². The summed E-state index contributed by atoms with van der Waals surface area (Å²) in [6, 6.07) is 172. The van der Waals surface area contributed by atoms with Crippen molar-refractivity contribution in [1.82, 2.24) is 19.9 Å². The van der Waals surface area contributed by atoms with Crippen molar-refractivity contribution in [3.05, 3.63) is 510 Å². The molecule has 632 valence electrons. The molecule has 0 aliphatic heterocycles. The summed E-state index contributed by atoms with van der Waals surface area (Å²) in [5, 5.41) is 23.1. The maximum Gasteiger partial charge on any atom is 0.139 e. The van der Waals surface area contributed by atoms with Crippen LogP contribution in [0.3, 0.4) is 0 Å². The summed E-state index contributed by atoms with van der Waals surface area (Å²) in [5.41, 5.74) is 23.3. The van der Waals surface area contributed by atoms with Crippen LogP contribution in [-0.4, -0.2) is 30.1 Å². The molecule has 0 aliphatic rings. The number of benzene rings is 16. The summed E-state index contributed by atoms with van der Waals surface area (Å²) in [6.07, 6.45) is 3.64. The average Bonchev–Trinajstić information content (AvgIpc) is 0.748. The maximum absolute atomic E-state index is 11.7. The standard InChI is InChI=1S/2C58H42N5O.2Pt/c64-56-37-18-15-34-52(56)53-41-49(61(45-26-9-3-10-27-45)46-28-11-4-12-29-46)42-58(60-53)63(55-36-17-14-33-51(55)44-24-7-2-8-25-44)48-31-21-30-47(40-48)62(57-38-19-20-39-59-57)54-35-16-13-32-50(54)43-22-5-1-6-23-43;64-56-37-18-17-36-55(56)63(54-35-16-14-33-51(54)44-24-7-2-8-25-44)58-42-49(61(46-27-9-3-10-28-46)47-29-11-4-12-30-47)41-52(60-58)45-26-21-31-48(40-45)62(57-38-19-20-39-59-57)53-34-15-13-32-50(53)43-22-5-1-6-23-43;;/h2*1-39,41-42,64H;;/q2*-1;;. The van der Waals surface area contributed by atoms with Crippen molar-refractivity contribution in [1.29, 1.82) is 0 Å². The number of phenolic OH excluding ortho intramolecular Hbond substituents is 2. The van der Waals surface area contributed by atoms with E-state index in [0.29, 0.717) is 34.3 Å². The smallest absolute Gasteiger partial charge is 0.139 e. The number of phenols is 2. The van der Waals surface area contributed by atoms with Crippen molar-refractivity contribution in [3.63, 3.8) is 0 Å². The quantitative estimate of drug-likeness (QED) is 0.0562. The van der Waals surface area contributed by atoms with Gasteiger partial charge in [-0.3, -0.25) is 9.88 Å². The predicted octanol–water partition coefficient (Wildman–Crippen LogP) is 30.8. The number of hydrogen-bond donors (Lipinski definition) is 2. The van der Waals surface area contributed by atoms with Crippen molar-refractivity contribution >= 4 is 103 Å². The van der Waals surface area contributed by atoms with Crippen LogP contribution in [0.2, 0.25) is 0 Å². The van der Waals surface area contributed by atoms with Gasteiger partial charge in [0.1, 0.15) is 34.8 Å². The number of aromatic hydroxyl groups is 2. The summed E-state index contributed by atoms with van der Waals surface area (Å²) < 4.78 is 0. The second-order valence-electron chi connectivity index (χ2n) is 30.3. The van der Waals surface area contributed by atoms with E-state index in [-0.39, 0.29) is 53.6 Å². The Labute approximate surface area is 786 Å². The summed E-state index contributed by atoms with van der Waals surface area (Å²) >= 11 is 0. The molecule has 12 nitrogen and oxygen atoms in total. The zero-order valence-electron chi connectivity index (χ0n) is 70.3. The predicted molar refractivity (Wildman–Crippen MR) is 526 cm³/mol. The average molecular weight is 2040 g/mol. The minimum absolute atomic E-state index is 0. The van der Waals surface area contributed by atoms with E-state index in [1.54, 1.807) is 12.1 Å². The summed E-state index contributed by atoms with van der Waals surface area (Å²) in [6.45, 7) is 0. The molecular formula is C116H84N10O2Pt2-2. The van der Waals surface area contributed by atoms with Gasteiger partial charge in [0.2, 0.25) is 0 Å². The fourth-order valence-electron chi connectivity index (χ4n) is 16.4. The van der Waals surface area contributed by atoms with Gasteiger partial charge in [-0.05, 0) is 161 Å². The number of rotatable bonds is 24. The molecular weight excluding hydrogens is 1960 g/mol. The van der Waals surface area contributed by atoms with E-state index >= 15 is 0 Å². The maximum atomic E-state index is 11.7. The zero-order chi connectivity index (χ0) is 86.2. The molecule has 16 aromatic carbocycles. The Morgan fingerprint density at radius 2 is 0.477 bits per heavy atom. The second kappa shape index (κ2) is 40.9. The van der Waals surface area contributed by atoms with Crippen molar-refractivity contribution in [2.24, 2.45) is 0 Å². The van der Waals surface area contributed by atoms with E-state index in [0.717, 1.165) is 136 Å². The molecule has 0 spiro atoms. The van der Waals surface area contributed by atoms with E-state index in [4.69, 9.17) is 19.9 Å². The minimum atomic E-state index is 0. The third-order valence-electron chi connectivity index (χ3n) is 22.1. The minimum Gasteiger partial charge on any atom is -0.507 e. The first-order valence-corrected chi connectivity index (χ1v) is 42.5. The molecule has 0 aliphatic carbocycles. The second-order valence-corrected chi connectivity index (χ2v) is 30.3. The molecule has 0 radical (unpaired) electrons. The molecule has 4 aromatic heterocycles. The Hall–Kier alpha value is -16.1. The van der Waals surface area contributed by atoms with Crippen LogP contribution in [0.1, 0.15) is 0 Å². The van der Waals surface area contributed by atoms with Gasteiger partial charge in [0.25, 0.3) is 0 Å². The molecule has 0 fully saturated rings. The van der Waals surface area contributed by atoms with Crippen molar-refractivity contribution in [2.45, 2.75) is 0 Å². The van der Waals surface area contributed by atoms with Crippen LogP contribution in [0.15, 0.2) is 498 Å². The molecule has 14 heteroatoms. The van der Waals surface area contributed by atoms with Gasteiger partial charge in [-0.2, -0.15) is 6.07 Å². The third kappa shape index (κ3) is 18.9. The Balaban J connectivity index is 0.000000179. The van der Waals surface area contributed by atoms with Gasteiger partial charge < -0.3 is 34.7 Å². The van der Waals surface area contributed by atoms with Crippen molar-refractivity contribution in [3.8, 4) is 78.5 Å². The molecule has 130 heavy (non-hydrogen) atoms. The van der Waals surface area contributed by atoms with Gasteiger partial charge in [-0.1, -0.05) is 321 Å². The van der Waals surface area contributed by atoms with Crippen LogP contribution >= 0.6 is 0 Å². The monoisotopic (exact) mass is 2040 g/mol. The fraction of sp³-hybridized carbons (Fsp3) is 0. The van der Waals surface area contributed by atoms with Crippen LogP contribution in [0.4, 0.5) is 103 Å². The Morgan fingerprint density at radius 1 is 0.192 bits per heavy atom. The van der Waals surface area contributed by atoms with Crippen LogP contribution in [0, 0.1) is 12.1 Å². The van der Waals surface area contributed by atoms with E-state index in [1.165, 1.54) is 0 Å². The number of hydrogen-bond acceptors (Lipinski definition) is 12. The first-order chi connectivity index (χ1) is 63.4. The zero-order valence-corrected chi connectivity index (χ0v) is 74.9. The number of aromatic nitrogens is 4. The number of para-hydroxylation sites is 11. The Bertz CT molecular complexity index is 7050. The van der Waals surface area contributed by atoms with Crippen LogP contribution in [0.25, 0.3) is 67.0 Å². The van der Waals surface area contributed by atoms with Gasteiger partial charge in [-0.15, -0.1) is 48.0 Å². The van der Waals surface area contributed by atoms with Gasteiger partial charge in [-0.25, -0.2) is 15.0 Å². The largest absolute Gasteiger partial charge is 0.507 e. The molecule has 0 amide bonds. The molecule has 0 unspecified atom stereocenters. The molecule has 2 N–H and O–H groups in total. The van der Waals surface area contributed by atoms with Gasteiger partial charge in [0.15, 0.2) is 0 Å². The summed E-state index contributed by atoms with van der Waals surface area (Å²) in [7, 11) is 0. The fourth-order valence-corrected chi connectivity index (χ4v) is 16.4. The van der Waals surface area contributed by atoms with E-state index in [2.05, 4.69) is 333 Å². The molecule has 20 rings (SSSR count). The van der Waals surface area contributed by atoms with Crippen LogP contribution < -0.4 is 29.4 Å². The molecule has 0 saturated carbocycles. The Kier molecular flexibility index (Phi) is 27.1. The third-order valence-corrected chi connectivity index (χ3v) is 22.1. The normalized spacial score (nSPS) is 10.7. The molecule has 0 saturated heterocycles. The van der Waals surface area contributed by atoms with Gasteiger partial charge in [0.05, 0.1) is 39.8 Å². The molecule has 20 aromatic rings. The first kappa shape index (κ1) is 86.0. The first-order valence-electron chi connectivity index (χ1n) is 42.5. The molecule has 0 bridgehead atoms. The van der Waals surface area contributed by atoms with Gasteiger partial charge >= 0.3 is 0 Å². The topological polar surface area (TPSA) is 111 Å². The van der Waals surface area contributed by atoms with Gasteiger partial charge in [0, 0.05) is 123 Å². The molecule has 0 atom stereocenters.